The Morgan fingerprint density at radius 2 is 2.00 bits per heavy atom. The number of nitrogens with one attached hydrogen (secondary N) is 1. The monoisotopic (exact) mass is 291 g/mol. The van der Waals surface area contributed by atoms with Gasteiger partial charge in [0.2, 0.25) is 0 Å². The summed E-state index contributed by atoms with van der Waals surface area (Å²) < 4.78 is 16.4. The number of ether oxygens (including phenoxy) is 3. The van der Waals surface area contributed by atoms with E-state index in [9.17, 15) is 0 Å². The fourth-order valence-corrected chi connectivity index (χ4v) is 3.69. The molecule has 1 saturated carbocycles. The molecule has 1 aliphatic heterocycles. The summed E-state index contributed by atoms with van der Waals surface area (Å²) in [4.78, 5) is 0. The van der Waals surface area contributed by atoms with Crippen LogP contribution in [0.25, 0.3) is 0 Å². The van der Waals surface area contributed by atoms with Gasteiger partial charge in [0.1, 0.15) is 12.4 Å². The van der Waals surface area contributed by atoms with Crippen molar-refractivity contribution in [2.24, 2.45) is 11.3 Å². The van der Waals surface area contributed by atoms with E-state index < -0.39 is 0 Å². The van der Waals surface area contributed by atoms with Crippen molar-refractivity contribution < 1.29 is 14.2 Å². The molecule has 1 aromatic carbocycles. The molecular formula is C17H25NO3. The molecule has 3 rings (SSSR count). The first-order chi connectivity index (χ1) is 10.1. The molecule has 1 aromatic rings. The maximum atomic E-state index is 5.84. The predicted molar refractivity (Wildman–Crippen MR) is 82.9 cm³/mol. The van der Waals surface area contributed by atoms with Crippen molar-refractivity contribution in [3.05, 3.63) is 24.3 Å². The van der Waals surface area contributed by atoms with E-state index in [1.165, 1.54) is 6.42 Å². The van der Waals surface area contributed by atoms with E-state index in [2.05, 4.69) is 31.3 Å². The lowest BCUT2D eigenvalue weighted by Gasteiger charge is -2.55. The summed E-state index contributed by atoms with van der Waals surface area (Å²) in [6, 6.07) is 8.67. The fraction of sp³-hybridized carbons (Fsp3) is 0.647. The third-order valence-corrected chi connectivity index (χ3v) is 4.83. The molecule has 3 unspecified atom stereocenters. The minimum atomic E-state index is 0.203. The zero-order valence-corrected chi connectivity index (χ0v) is 13.1. The summed E-state index contributed by atoms with van der Waals surface area (Å²) in [7, 11) is 1.68. The van der Waals surface area contributed by atoms with Crippen molar-refractivity contribution >= 4 is 5.69 Å². The average Bonchev–Trinajstić information content (AvgIpc) is 2.93. The molecule has 4 heteroatoms. The molecule has 0 aromatic heterocycles. The highest BCUT2D eigenvalue weighted by Crippen LogP contribution is 2.53. The lowest BCUT2D eigenvalue weighted by molar-refractivity contribution is -0.0923. The van der Waals surface area contributed by atoms with Crippen LogP contribution in [0.4, 0.5) is 5.69 Å². The maximum Gasteiger partial charge on any atom is 0.119 e. The standard InChI is InChI=1S/C17H25NO3/c1-17(2)15(14-8-9-21-16(14)17)18-12-4-6-13(7-5-12)20-11-10-19-3/h4-7,14-16,18H,8-11H2,1-3H3. The molecule has 0 spiro atoms. The second-order valence-electron chi connectivity index (χ2n) is 6.55. The van der Waals surface area contributed by atoms with Crippen LogP contribution < -0.4 is 10.1 Å². The van der Waals surface area contributed by atoms with Crippen molar-refractivity contribution in [1.29, 1.82) is 0 Å². The molecule has 116 valence electrons. The molecule has 1 N–H and O–H groups in total. The van der Waals surface area contributed by atoms with Gasteiger partial charge in [0, 0.05) is 36.8 Å². The van der Waals surface area contributed by atoms with Crippen LogP contribution in [-0.4, -0.2) is 39.1 Å². The van der Waals surface area contributed by atoms with Gasteiger partial charge in [-0.1, -0.05) is 13.8 Å². The van der Waals surface area contributed by atoms with Crippen LogP contribution in [0.3, 0.4) is 0 Å². The van der Waals surface area contributed by atoms with Crippen LogP contribution in [-0.2, 0) is 9.47 Å². The quantitative estimate of drug-likeness (QED) is 0.818. The SMILES string of the molecule is COCCOc1ccc(NC2C3CCOC3C2(C)C)cc1. The van der Waals surface area contributed by atoms with E-state index >= 15 is 0 Å². The molecule has 21 heavy (non-hydrogen) atoms. The van der Waals surface area contributed by atoms with E-state index in [0.717, 1.165) is 18.0 Å². The van der Waals surface area contributed by atoms with E-state index in [-0.39, 0.29) is 5.41 Å². The Morgan fingerprint density at radius 1 is 1.24 bits per heavy atom. The highest BCUT2D eigenvalue weighted by atomic mass is 16.5. The number of fused-ring (bicyclic) bond motifs is 1. The second-order valence-corrected chi connectivity index (χ2v) is 6.55. The maximum absolute atomic E-state index is 5.84. The smallest absolute Gasteiger partial charge is 0.119 e. The van der Waals surface area contributed by atoms with Crippen LogP contribution in [0.2, 0.25) is 0 Å². The molecular weight excluding hydrogens is 266 g/mol. The fourth-order valence-electron chi connectivity index (χ4n) is 3.69. The Kier molecular flexibility index (Phi) is 4.09. The van der Waals surface area contributed by atoms with Crippen molar-refractivity contribution in [2.45, 2.75) is 32.4 Å². The number of methoxy groups -OCH3 is 1. The van der Waals surface area contributed by atoms with Gasteiger partial charge in [-0.15, -0.1) is 0 Å². The molecule has 0 amide bonds. The van der Waals surface area contributed by atoms with Gasteiger partial charge in [-0.3, -0.25) is 0 Å². The molecule has 1 aliphatic carbocycles. The first-order valence-electron chi connectivity index (χ1n) is 7.73. The summed E-state index contributed by atoms with van der Waals surface area (Å²) in [6.45, 7) is 6.68. The lowest BCUT2D eigenvalue weighted by Crippen LogP contribution is -2.63. The van der Waals surface area contributed by atoms with E-state index in [1.807, 2.05) is 12.1 Å². The van der Waals surface area contributed by atoms with Crippen LogP contribution >= 0.6 is 0 Å². The highest BCUT2D eigenvalue weighted by molar-refractivity contribution is 5.48. The van der Waals surface area contributed by atoms with Crippen molar-refractivity contribution in [3.8, 4) is 5.75 Å². The van der Waals surface area contributed by atoms with Crippen LogP contribution in [0.5, 0.6) is 5.75 Å². The third kappa shape index (κ3) is 2.74. The average molecular weight is 291 g/mol. The van der Waals surface area contributed by atoms with Gasteiger partial charge in [-0.05, 0) is 30.7 Å². The highest BCUT2D eigenvalue weighted by Gasteiger charge is 2.59. The van der Waals surface area contributed by atoms with Gasteiger partial charge in [-0.25, -0.2) is 0 Å². The summed E-state index contributed by atoms with van der Waals surface area (Å²) in [5, 5.41) is 3.67. The van der Waals surface area contributed by atoms with Crippen LogP contribution in [0.15, 0.2) is 24.3 Å². The zero-order chi connectivity index (χ0) is 14.9. The molecule has 0 radical (unpaired) electrons. The normalized spacial score (nSPS) is 29.6. The van der Waals surface area contributed by atoms with Crippen LogP contribution in [0.1, 0.15) is 20.3 Å². The minimum Gasteiger partial charge on any atom is -0.491 e. The van der Waals surface area contributed by atoms with Crippen molar-refractivity contribution in [1.82, 2.24) is 0 Å². The van der Waals surface area contributed by atoms with E-state index in [4.69, 9.17) is 14.2 Å². The van der Waals surface area contributed by atoms with Crippen molar-refractivity contribution in [2.75, 3.05) is 32.2 Å². The Labute approximate surface area is 126 Å². The molecule has 1 heterocycles. The third-order valence-electron chi connectivity index (χ3n) is 4.83. The van der Waals surface area contributed by atoms with Crippen molar-refractivity contribution in [3.63, 3.8) is 0 Å². The molecule has 3 atom stereocenters. The number of anilines is 1. The topological polar surface area (TPSA) is 39.7 Å². The summed E-state index contributed by atoms with van der Waals surface area (Å²) in [5.74, 6) is 1.53. The van der Waals surface area contributed by atoms with E-state index in [1.54, 1.807) is 7.11 Å². The van der Waals surface area contributed by atoms with Gasteiger partial charge in [-0.2, -0.15) is 0 Å². The number of hydrogen-bond acceptors (Lipinski definition) is 4. The number of hydrogen-bond donors (Lipinski definition) is 1. The zero-order valence-electron chi connectivity index (χ0n) is 13.1. The first kappa shape index (κ1) is 14.7. The van der Waals surface area contributed by atoms with Gasteiger partial charge in [0.05, 0.1) is 12.7 Å². The molecule has 1 saturated heterocycles. The van der Waals surface area contributed by atoms with Gasteiger partial charge < -0.3 is 19.5 Å². The molecule has 0 bridgehead atoms. The summed E-state index contributed by atoms with van der Waals surface area (Å²) in [6.07, 6.45) is 1.59. The lowest BCUT2D eigenvalue weighted by atomic mass is 9.57. The predicted octanol–water partition coefficient (Wildman–Crippen LogP) is 2.94. The van der Waals surface area contributed by atoms with Gasteiger partial charge in [0.15, 0.2) is 0 Å². The Morgan fingerprint density at radius 3 is 2.71 bits per heavy atom. The summed E-state index contributed by atoms with van der Waals surface area (Å²) >= 11 is 0. The van der Waals surface area contributed by atoms with Gasteiger partial charge in [0.25, 0.3) is 0 Å². The van der Waals surface area contributed by atoms with Gasteiger partial charge >= 0.3 is 0 Å². The Hall–Kier alpha value is -1.26. The molecule has 4 nitrogen and oxygen atoms in total. The Balaban J connectivity index is 1.58. The molecule has 2 aliphatic rings. The molecule has 2 fully saturated rings. The Bertz CT molecular complexity index is 471. The first-order valence-corrected chi connectivity index (χ1v) is 7.73. The second kappa shape index (κ2) is 5.85. The number of benzene rings is 1. The van der Waals surface area contributed by atoms with Crippen LogP contribution in [0, 0.1) is 11.3 Å². The number of rotatable bonds is 6. The van der Waals surface area contributed by atoms with E-state index in [0.29, 0.717) is 31.3 Å². The summed E-state index contributed by atoms with van der Waals surface area (Å²) in [5.41, 5.74) is 1.35. The minimum absolute atomic E-state index is 0.203. The largest absolute Gasteiger partial charge is 0.491 e.